The lowest BCUT2D eigenvalue weighted by Gasteiger charge is -2.12. The summed E-state index contributed by atoms with van der Waals surface area (Å²) in [6.07, 6.45) is 1.27. The van der Waals surface area contributed by atoms with Gasteiger partial charge in [-0.3, -0.25) is 4.99 Å². The summed E-state index contributed by atoms with van der Waals surface area (Å²) in [4.78, 5) is 9.89. The molecule has 0 aliphatic heterocycles. The third-order valence-electron chi connectivity index (χ3n) is 2.70. The van der Waals surface area contributed by atoms with E-state index in [-0.39, 0.29) is 24.0 Å². The van der Waals surface area contributed by atoms with Crippen LogP contribution in [0.2, 0.25) is 0 Å². The highest BCUT2D eigenvalue weighted by molar-refractivity contribution is 14.0. The van der Waals surface area contributed by atoms with E-state index >= 15 is 0 Å². The molecule has 7 heteroatoms. The number of thiazole rings is 1. The van der Waals surface area contributed by atoms with Crippen LogP contribution >= 0.6 is 35.3 Å². The van der Waals surface area contributed by atoms with E-state index < -0.39 is 0 Å². The van der Waals surface area contributed by atoms with Gasteiger partial charge in [-0.05, 0) is 34.1 Å². The van der Waals surface area contributed by atoms with Crippen LogP contribution in [0.15, 0.2) is 4.99 Å². The van der Waals surface area contributed by atoms with Gasteiger partial charge in [-0.2, -0.15) is 0 Å². The Morgan fingerprint density at radius 1 is 1.33 bits per heavy atom. The fourth-order valence-electron chi connectivity index (χ4n) is 1.72. The molecule has 1 aromatic rings. The third kappa shape index (κ3) is 8.57. The molecule has 0 fully saturated rings. The van der Waals surface area contributed by atoms with Gasteiger partial charge < -0.3 is 15.4 Å². The van der Waals surface area contributed by atoms with Crippen LogP contribution in [0, 0.1) is 13.8 Å². The number of nitrogens with zero attached hydrogens (tertiary/aromatic N) is 2. The maximum absolute atomic E-state index is 5.50. The molecule has 2 N–H and O–H groups in total. The Bertz CT molecular complexity index is 435. The zero-order chi connectivity index (χ0) is 15.0. The minimum Gasteiger partial charge on any atom is -0.379 e. The lowest BCUT2D eigenvalue weighted by Crippen LogP contribution is -2.37. The minimum atomic E-state index is 0. The molecule has 0 spiro atoms. The standard InChI is InChI=1S/C14H26N4OS.HI/c1-10(2)19-8-6-7-16-14(15-5)17-9-13-11(3)18-12(4)20-13;/h10H,6-9H2,1-5H3,(H2,15,16,17);1H. The Morgan fingerprint density at radius 3 is 2.57 bits per heavy atom. The molecule has 0 aliphatic rings. The fraction of sp³-hybridized carbons (Fsp3) is 0.714. The van der Waals surface area contributed by atoms with E-state index in [1.54, 1.807) is 18.4 Å². The summed E-state index contributed by atoms with van der Waals surface area (Å²) in [5, 5.41) is 7.70. The molecular weight excluding hydrogens is 399 g/mol. The number of hydrogen-bond donors (Lipinski definition) is 2. The quantitative estimate of drug-likeness (QED) is 0.305. The van der Waals surface area contributed by atoms with Crippen molar-refractivity contribution in [2.24, 2.45) is 4.99 Å². The number of hydrogen-bond acceptors (Lipinski definition) is 4. The normalized spacial score (nSPS) is 11.4. The van der Waals surface area contributed by atoms with Gasteiger partial charge >= 0.3 is 0 Å². The molecule has 21 heavy (non-hydrogen) atoms. The SMILES string of the molecule is CN=C(NCCCOC(C)C)NCc1sc(C)nc1C.I. The highest BCUT2D eigenvalue weighted by Crippen LogP contribution is 2.16. The lowest BCUT2D eigenvalue weighted by atomic mass is 10.4. The van der Waals surface area contributed by atoms with Crippen LogP contribution in [0.3, 0.4) is 0 Å². The van der Waals surface area contributed by atoms with Gasteiger partial charge in [-0.25, -0.2) is 4.98 Å². The third-order valence-corrected chi connectivity index (χ3v) is 3.78. The molecule has 1 rings (SSSR count). The fourth-order valence-corrected chi connectivity index (χ4v) is 2.60. The second-order valence-corrected chi connectivity index (χ2v) is 6.15. The Kier molecular flexibility index (Phi) is 11.0. The second kappa shape index (κ2) is 11.2. The average Bonchev–Trinajstić information content (AvgIpc) is 2.71. The lowest BCUT2D eigenvalue weighted by molar-refractivity contribution is 0.0776. The number of nitrogens with one attached hydrogen (secondary N) is 2. The van der Waals surface area contributed by atoms with Crippen molar-refractivity contribution in [2.45, 2.75) is 46.8 Å². The van der Waals surface area contributed by atoms with E-state index in [2.05, 4.69) is 20.6 Å². The molecule has 122 valence electrons. The van der Waals surface area contributed by atoms with Crippen molar-refractivity contribution in [3.63, 3.8) is 0 Å². The van der Waals surface area contributed by atoms with Gasteiger partial charge in [0.2, 0.25) is 0 Å². The molecule has 0 radical (unpaired) electrons. The molecule has 0 aliphatic carbocycles. The summed E-state index contributed by atoms with van der Waals surface area (Å²) in [6, 6.07) is 0. The minimum absolute atomic E-state index is 0. The van der Waals surface area contributed by atoms with Crippen molar-refractivity contribution in [1.29, 1.82) is 0 Å². The molecule has 0 atom stereocenters. The second-order valence-electron chi connectivity index (χ2n) is 4.87. The first-order valence-corrected chi connectivity index (χ1v) is 7.83. The summed E-state index contributed by atoms with van der Waals surface area (Å²) in [5.41, 5.74) is 1.10. The number of rotatable bonds is 7. The first-order valence-electron chi connectivity index (χ1n) is 7.02. The molecule has 0 unspecified atom stereocenters. The van der Waals surface area contributed by atoms with Gasteiger partial charge in [0.25, 0.3) is 0 Å². The molecule has 0 saturated carbocycles. The molecule has 0 bridgehead atoms. The van der Waals surface area contributed by atoms with E-state index in [1.807, 2.05) is 27.7 Å². The van der Waals surface area contributed by atoms with E-state index in [0.29, 0.717) is 6.10 Å². The predicted molar refractivity (Wildman–Crippen MR) is 101 cm³/mol. The Balaban J connectivity index is 0.00000400. The van der Waals surface area contributed by atoms with E-state index in [0.717, 1.165) is 42.8 Å². The monoisotopic (exact) mass is 426 g/mol. The van der Waals surface area contributed by atoms with Crippen molar-refractivity contribution >= 4 is 41.3 Å². The molecule has 0 amide bonds. The van der Waals surface area contributed by atoms with Crippen LogP contribution < -0.4 is 10.6 Å². The molecule has 1 heterocycles. The average molecular weight is 426 g/mol. The van der Waals surface area contributed by atoms with Crippen LogP contribution in [0.5, 0.6) is 0 Å². The van der Waals surface area contributed by atoms with E-state index in [1.165, 1.54) is 4.88 Å². The van der Waals surface area contributed by atoms with Crippen molar-refractivity contribution in [3.05, 3.63) is 15.6 Å². The highest BCUT2D eigenvalue weighted by atomic mass is 127. The van der Waals surface area contributed by atoms with Crippen LogP contribution in [-0.2, 0) is 11.3 Å². The van der Waals surface area contributed by atoms with Crippen LogP contribution in [0.25, 0.3) is 0 Å². The number of ether oxygens (including phenoxy) is 1. The van der Waals surface area contributed by atoms with Crippen LogP contribution in [-0.4, -0.2) is 37.2 Å². The summed E-state index contributed by atoms with van der Waals surface area (Å²) < 4.78 is 5.50. The molecule has 0 aromatic carbocycles. The first kappa shape index (κ1) is 20.6. The molecule has 1 aromatic heterocycles. The van der Waals surface area contributed by atoms with Gasteiger partial charge in [0.1, 0.15) is 0 Å². The topological polar surface area (TPSA) is 58.5 Å². The first-order chi connectivity index (χ1) is 9.52. The number of halogens is 1. The largest absolute Gasteiger partial charge is 0.379 e. The summed E-state index contributed by atoms with van der Waals surface area (Å²) >= 11 is 1.73. The van der Waals surface area contributed by atoms with E-state index in [9.17, 15) is 0 Å². The summed E-state index contributed by atoms with van der Waals surface area (Å²) in [6.45, 7) is 10.6. The zero-order valence-corrected chi connectivity index (χ0v) is 16.7. The molecule has 5 nitrogen and oxygen atoms in total. The number of aliphatic imine (C=N–C) groups is 1. The maximum Gasteiger partial charge on any atom is 0.191 e. The predicted octanol–water partition coefficient (Wildman–Crippen LogP) is 2.86. The van der Waals surface area contributed by atoms with Gasteiger partial charge in [0.05, 0.1) is 23.4 Å². The van der Waals surface area contributed by atoms with Gasteiger partial charge in [-0.1, -0.05) is 0 Å². The zero-order valence-electron chi connectivity index (χ0n) is 13.5. The van der Waals surface area contributed by atoms with Gasteiger partial charge in [0, 0.05) is 25.1 Å². The van der Waals surface area contributed by atoms with Crippen molar-refractivity contribution in [1.82, 2.24) is 15.6 Å². The summed E-state index contributed by atoms with van der Waals surface area (Å²) in [5.74, 6) is 0.819. The highest BCUT2D eigenvalue weighted by Gasteiger charge is 2.05. The molecular formula is C14H27IN4OS. The number of guanidine groups is 1. The summed E-state index contributed by atoms with van der Waals surface area (Å²) in [7, 11) is 1.78. The maximum atomic E-state index is 5.50. The van der Waals surface area contributed by atoms with Gasteiger partial charge in [-0.15, -0.1) is 35.3 Å². The Morgan fingerprint density at radius 2 is 2.05 bits per heavy atom. The smallest absolute Gasteiger partial charge is 0.191 e. The van der Waals surface area contributed by atoms with Crippen molar-refractivity contribution in [2.75, 3.05) is 20.2 Å². The van der Waals surface area contributed by atoms with Gasteiger partial charge in [0.15, 0.2) is 5.96 Å². The van der Waals surface area contributed by atoms with E-state index in [4.69, 9.17) is 4.74 Å². The van der Waals surface area contributed by atoms with Crippen molar-refractivity contribution in [3.8, 4) is 0 Å². The van der Waals surface area contributed by atoms with Crippen LogP contribution in [0.4, 0.5) is 0 Å². The number of aryl methyl sites for hydroxylation is 2. The number of aromatic nitrogens is 1. The Labute approximate surface area is 149 Å². The van der Waals surface area contributed by atoms with Crippen LogP contribution in [0.1, 0.15) is 35.8 Å². The Hall–Kier alpha value is -0.410. The van der Waals surface area contributed by atoms with Crippen molar-refractivity contribution < 1.29 is 4.74 Å². The molecule has 0 saturated heterocycles.